The van der Waals surface area contributed by atoms with E-state index in [1.54, 1.807) is 19.1 Å². The van der Waals surface area contributed by atoms with Crippen molar-refractivity contribution in [2.45, 2.75) is 57.0 Å². The van der Waals surface area contributed by atoms with Gasteiger partial charge in [-0.1, -0.05) is 12.2 Å². The lowest BCUT2D eigenvalue weighted by molar-refractivity contribution is -0.0613. The van der Waals surface area contributed by atoms with Crippen molar-refractivity contribution in [3.05, 3.63) is 29.3 Å². The molecule has 0 aliphatic carbocycles. The second kappa shape index (κ2) is 9.02. The molecule has 0 spiro atoms. The van der Waals surface area contributed by atoms with Crippen molar-refractivity contribution in [2.24, 2.45) is 0 Å². The summed E-state index contributed by atoms with van der Waals surface area (Å²) in [4.78, 5) is 12.5. The Bertz CT molecular complexity index is 656. The fourth-order valence-corrected chi connectivity index (χ4v) is 2.91. The van der Waals surface area contributed by atoms with E-state index >= 15 is 0 Å². The number of benzene rings is 1. The number of rotatable bonds is 1. The van der Waals surface area contributed by atoms with Crippen LogP contribution < -0.4 is 4.74 Å². The lowest BCUT2D eigenvalue weighted by Gasteiger charge is -2.23. The number of hydrogen-bond donors (Lipinski definition) is 4. The van der Waals surface area contributed by atoms with E-state index in [1.165, 1.54) is 19.3 Å². The van der Waals surface area contributed by atoms with Crippen molar-refractivity contribution in [1.82, 2.24) is 0 Å². The average Bonchev–Trinajstić information content (AvgIpc) is 2.59. The second-order valence-corrected chi connectivity index (χ2v) is 6.52. The van der Waals surface area contributed by atoms with Crippen LogP contribution in [0.25, 0.3) is 6.08 Å². The summed E-state index contributed by atoms with van der Waals surface area (Å²) < 4.78 is 10.5. The molecule has 0 radical (unpaired) electrons. The molecule has 0 aromatic heterocycles. The third kappa shape index (κ3) is 4.97. The van der Waals surface area contributed by atoms with Gasteiger partial charge in [0.1, 0.15) is 23.2 Å². The fraction of sp³-hybridized carbons (Fsp3) is 0.526. The molecule has 1 unspecified atom stereocenters. The molecule has 26 heavy (non-hydrogen) atoms. The number of carbonyl (C=O) groups excluding carboxylic acids is 1. The molecule has 0 saturated carbocycles. The highest BCUT2D eigenvalue weighted by molar-refractivity contribution is 5.97. The van der Waals surface area contributed by atoms with Gasteiger partial charge in [-0.3, -0.25) is 0 Å². The van der Waals surface area contributed by atoms with Gasteiger partial charge in [-0.15, -0.1) is 0 Å². The van der Waals surface area contributed by atoms with E-state index < -0.39 is 30.4 Å². The molecular formula is C19H26O7. The third-order valence-corrected chi connectivity index (χ3v) is 4.44. The predicted octanol–water partition coefficient (Wildman–Crippen LogP) is 1.62. The summed E-state index contributed by atoms with van der Waals surface area (Å²) in [7, 11) is 1.44. The smallest absolute Gasteiger partial charge is 0.342 e. The first kappa shape index (κ1) is 20.2. The summed E-state index contributed by atoms with van der Waals surface area (Å²) in [5.74, 6) is -0.552. The van der Waals surface area contributed by atoms with Crippen molar-refractivity contribution in [1.29, 1.82) is 0 Å². The first-order valence-corrected chi connectivity index (χ1v) is 8.66. The number of hydrogen-bond acceptors (Lipinski definition) is 7. The van der Waals surface area contributed by atoms with E-state index in [2.05, 4.69) is 0 Å². The highest BCUT2D eigenvalue weighted by Crippen LogP contribution is 2.30. The van der Waals surface area contributed by atoms with E-state index in [0.717, 1.165) is 0 Å². The van der Waals surface area contributed by atoms with Crippen molar-refractivity contribution in [3.63, 3.8) is 0 Å². The molecule has 1 aliphatic rings. The minimum atomic E-state index is -1.27. The average molecular weight is 366 g/mol. The van der Waals surface area contributed by atoms with Gasteiger partial charge in [-0.05, 0) is 44.2 Å². The molecule has 1 aromatic rings. The molecule has 1 aliphatic heterocycles. The number of phenolic OH excluding ortho intramolecular Hbond substituents is 1. The fourth-order valence-electron chi connectivity index (χ4n) is 2.91. The lowest BCUT2D eigenvalue weighted by Crippen LogP contribution is -2.37. The number of phenols is 1. The molecule has 4 atom stereocenters. The largest absolute Gasteiger partial charge is 0.507 e. The minimum Gasteiger partial charge on any atom is -0.507 e. The Balaban J connectivity index is 2.40. The quantitative estimate of drug-likeness (QED) is 0.558. The zero-order valence-corrected chi connectivity index (χ0v) is 15.0. The van der Waals surface area contributed by atoms with Crippen molar-refractivity contribution in [3.8, 4) is 11.5 Å². The van der Waals surface area contributed by atoms with Crippen LogP contribution in [0.4, 0.5) is 0 Å². The van der Waals surface area contributed by atoms with Crippen LogP contribution in [0, 0.1) is 0 Å². The number of fused-ring (bicyclic) bond motifs is 1. The predicted molar refractivity (Wildman–Crippen MR) is 95.1 cm³/mol. The molecular weight excluding hydrogens is 340 g/mol. The molecule has 2 rings (SSSR count). The summed E-state index contributed by atoms with van der Waals surface area (Å²) in [5, 5.41) is 40.2. The van der Waals surface area contributed by atoms with Crippen LogP contribution in [0.5, 0.6) is 11.5 Å². The number of methoxy groups -OCH3 is 1. The van der Waals surface area contributed by atoms with Gasteiger partial charge in [0.2, 0.25) is 0 Å². The van der Waals surface area contributed by atoms with Crippen molar-refractivity contribution >= 4 is 12.0 Å². The van der Waals surface area contributed by atoms with Gasteiger partial charge in [0.05, 0.1) is 25.4 Å². The van der Waals surface area contributed by atoms with E-state index in [1.807, 2.05) is 0 Å². The normalized spacial score (nSPS) is 29.2. The summed E-state index contributed by atoms with van der Waals surface area (Å²) in [6, 6.07) is 2.90. The maximum absolute atomic E-state index is 12.5. The third-order valence-electron chi connectivity index (χ3n) is 4.44. The molecule has 0 bridgehead atoms. The molecule has 7 heteroatoms. The molecule has 7 nitrogen and oxygen atoms in total. The van der Waals surface area contributed by atoms with Crippen molar-refractivity contribution in [2.75, 3.05) is 7.11 Å². The van der Waals surface area contributed by atoms with Gasteiger partial charge in [0.25, 0.3) is 0 Å². The van der Waals surface area contributed by atoms with Crippen LogP contribution in [-0.2, 0) is 4.74 Å². The Morgan fingerprint density at radius 3 is 2.58 bits per heavy atom. The Kier molecular flexibility index (Phi) is 7.02. The number of esters is 1. The van der Waals surface area contributed by atoms with E-state index in [9.17, 15) is 25.2 Å². The Labute approximate surface area is 152 Å². The van der Waals surface area contributed by atoms with Gasteiger partial charge < -0.3 is 29.9 Å². The Morgan fingerprint density at radius 2 is 1.88 bits per heavy atom. The van der Waals surface area contributed by atoms with Gasteiger partial charge in [0, 0.05) is 6.07 Å². The number of aromatic hydroxyl groups is 1. The number of ether oxygens (including phenoxy) is 2. The van der Waals surface area contributed by atoms with E-state index in [-0.39, 0.29) is 24.2 Å². The first-order chi connectivity index (χ1) is 12.3. The molecule has 0 amide bonds. The summed E-state index contributed by atoms with van der Waals surface area (Å²) in [5.41, 5.74) is 0.388. The summed E-state index contributed by atoms with van der Waals surface area (Å²) >= 11 is 0. The maximum atomic E-state index is 12.5. The SMILES string of the molecule is COc1cc(O)c2c(c1)/C=C/C[C@H](O)[C@H](O)C(O)CCC[C@H](C)OC2=O. The Hall–Kier alpha value is -2.09. The number of aliphatic hydroxyl groups is 3. The molecule has 144 valence electrons. The lowest BCUT2D eigenvalue weighted by atomic mass is 9.98. The first-order valence-electron chi connectivity index (χ1n) is 8.66. The number of carbonyl (C=O) groups is 1. The van der Waals surface area contributed by atoms with Crippen molar-refractivity contribution < 1.29 is 34.7 Å². The van der Waals surface area contributed by atoms with Crippen LogP contribution in [0.1, 0.15) is 48.5 Å². The molecule has 1 aromatic carbocycles. The monoisotopic (exact) mass is 366 g/mol. The summed E-state index contributed by atoms with van der Waals surface area (Å²) in [6.07, 6.45) is 0.542. The van der Waals surface area contributed by atoms with Gasteiger partial charge in [0.15, 0.2) is 0 Å². The molecule has 1 heterocycles. The second-order valence-electron chi connectivity index (χ2n) is 6.52. The van der Waals surface area contributed by atoms with Crippen LogP contribution in [0.2, 0.25) is 0 Å². The zero-order chi connectivity index (χ0) is 19.3. The maximum Gasteiger partial charge on any atom is 0.342 e. The van der Waals surface area contributed by atoms with Crippen LogP contribution in [-0.4, -0.2) is 57.9 Å². The van der Waals surface area contributed by atoms with Crippen LogP contribution in [0.15, 0.2) is 18.2 Å². The standard InChI is InChI=1S/C19H26O7/c1-11-5-3-7-14(20)18(23)15(21)8-4-6-12-9-13(25-2)10-16(22)17(12)19(24)26-11/h4,6,9-11,14-15,18,20-23H,3,5,7-8H2,1-2H3/b6-4+/t11-,14?,15-,18+/m0/s1. The zero-order valence-electron chi connectivity index (χ0n) is 15.0. The number of cyclic esters (lactones) is 1. The molecule has 4 N–H and O–H groups in total. The highest BCUT2D eigenvalue weighted by Gasteiger charge is 2.25. The minimum absolute atomic E-state index is 0.0148. The summed E-state index contributed by atoms with van der Waals surface area (Å²) in [6.45, 7) is 1.72. The van der Waals surface area contributed by atoms with E-state index in [0.29, 0.717) is 24.2 Å². The van der Waals surface area contributed by atoms with Gasteiger partial charge in [-0.2, -0.15) is 0 Å². The van der Waals surface area contributed by atoms with Crippen LogP contribution in [0.3, 0.4) is 0 Å². The van der Waals surface area contributed by atoms with E-state index in [4.69, 9.17) is 9.47 Å². The Morgan fingerprint density at radius 1 is 1.15 bits per heavy atom. The number of aliphatic hydroxyl groups excluding tert-OH is 3. The molecule has 0 saturated heterocycles. The van der Waals surface area contributed by atoms with Gasteiger partial charge >= 0.3 is 5.97 Å². The van der Waals surface area contributed by atoms with Gasteiger partial charge in [-0.25, -0.2) is 4.79 Å². The topological polar surface area (TPSA) is 116 Å². The van der Waals surface area contributed by atoms with Crippen LogP contribution >= 0.6 is 0 Å². The molecule has 0 fully saturated rings. The highest BCUT2D eigenvalue weighted by atomic mass is 16.5.